The molecular formula is C14H16N2O2. The SMILES string of the molecule is COC(=O)C1=C(NCc2ccccc2)C=CNC1. The summed E-state index contributed by atoms with van der Waals surface area (Å²) >= 11 is 0. The van der Waals surface area contributed by atoms with Crippen LogP contribution < -0.4 is 10.6 Å². The Balaban J connectivity index is 2.08. The maximum Gasteiger partial charge on any atom is 0.337 e. The Hall–Kier alpha value is -2.23. The van der Waals surface area contributed by atoms with E-state index in [4.69, 9.17) is 4.74 Å². The van der Waals surface area contributed by atoms with Crippen LogP contribution in [0.2, 0.25) is 0 Å². The van der Waals surface area contributed by atoms with E-state index in [1.807, 2.05) is 42.6 Å². The van der Waals surface area contributed by atoms with Gasteiger partial charge < -0.3 is 15.4 Å². The molecular weight excluding hydrogens is 228 g/mol. The van der Waals surface area contributed by atoms with Gasteiger partial charge in [0.25, 0.3) is 0 Å². The molecule has 0 saturated carbocycles. The number of ether oxygens (including phenoxy) is 1. The van der Waals surface area contributed by atoms with Crippen molar-refractivity contribution in [2.75, 3.05) is 13.7 Å². The number of allylic oxidation sites excluding steroid dienone is 1. The molecule has 0 saturated heterocycles. The van der Waals surface area contributed by atoms with Crippen LogP contribution >= 0.6 is 0 Å². The van der Waals surface area contributed by atoms with Crippen LogP contribution in [0.3, 0.4) is 0 Å². The first kappa shape index (κ1) is 12.2. The van der Waals surface area contributed by atoms with Crippen molar-refractivity contribution in [1.29, 1.82) is 0 Å². The zero-order valence-electron chi connectivity index (χ0n) is 10.3. The summed E-state index contributed by atoms with van der Waals surface area (Å²) in [6.07, 6.45) is 3.67. The minimum absolute atomic E-state index is 0.303. The van der Waals surface area contributed by atoms with Crippen LogP contribution in [0.4, 0.5) is 0 Å². The third kappa shape index (κ3) is 2.91. The van der Waals surface area contributed by atoms with Crippen molar-refractivity contribution in [3.63, 3.8) is 0 Å². The van der Waals surface area contributed by atoms with Crippen molar-refractivity contribution in [3.05, 3.63) is 59.4 Å². The van der Waals surface area contributed by atoms with Crippen LogP contribution in [0.25, 0.3) is 0 Å². The number of hydrogen-bond donors (Lipinski definition) is 2. The van der Waals surface area contributed by atoms with Gasteiger partial charge in [-0.15, -0.1) is 0 Å². The molecule has 0 bridgehead atoms. The van der Waals surface area contributed by atoms with Crippen molar-refractivity contribution in [2.24, 2.45) is 0 Å². The highest BCUT2D eigenvalue weighted by molar-refractivity contribution is 5.90. The Bertz CT molecular complexity index is 478. The lowest BCUT2D eigenvalue weighted by atomic mass is 10.1. The van der Waals surface area contributed by atoms with Crippen LogP contribution in [0.1, 0.15) is 5.56 Å². The fourth-order valence-electron chi connectivity index (χ4n) is 1.76. The summed E-state index contributed by atoms with van der Waals surface area (Å²) in [5, 5.41) is 6.25. The maximum atomic E-state index is 11.6. The van der Waals surface area contributed by atoms with Gasteiger partial charge in [-0.1, -0.05) is 30.3 Å². The lowest BCUT2D eigenvalue weighted by Gasteiger charge is -2.17. The first-order valence-electron chi connectivity index (χ1n) is 5.80. The number of carbonyl (C=O) groups excluding carboxylic acids is 1. The molecule has 0 aliphatic carbocycles. The van der Waals surface area contributed by atoms with Crippen LogP contribution in [-0.4, -0.2) is 19.6 Å². The van der Waals surface area contributed by atoms with E-state index in [2.05, 4.69) is 10.6 Å². The van der Waals surface area contributed by atoms with Gasteiger partial charge in [0.2, 0.25) is 0 Å². The summed E-state index contributed by atoms with van der Waals surface area (Å²) in [5.74, 6) is -0.303. The highest BCUT2D eigenvalue weighted by atomic mass is 16.5. The van der Waals surface area contributed by atoms with Crippen LogP contribution in [0.15, 0.2) is 53.9 Å². The van der Waals surface area contributed by atoms with Gasteiger partial charge in [0.05, 0.1) is 12.7 Å². The normalized spacial score (nSPS) is 14.1. The summed E-state index contributed by atoms with van der Waals surface area (Å²) in [6, 6.07) is 10.0. The van der Waals surface area contributed by atoms with E-state index in [9.17, 15) is 4.79 Å². The average molecular weight is 244 g/mol. The molecule has 1 heterocycles. The lowest BCUT2D eigenvalue weighted by Crippen LogP contribution is -2.27. The summed E-state index contributed by atoms with van der Waals surface area (Å²) in [6.45, 7) is 1.17. The van der Waals surface area contributed by atoms with E-state index in [-0.39, 0.29) is 5.97 Å². The van der Waals surface area contributed by atoms with Crippen molar-refractivity contribution >= 4 is 5.97 Å². The van der Waals surface area contributed by atoms with E-state index >= 15 is 0 Å². The minimum atomic E-state index is -0.303. The molecule has 0 amide bonds. The first-order valence-corrected chi connectivity index (χ1v) is 5.80. The fraction of sp³-hybridized carbons (Fsp3) is 0.214. The second-order valence-electron chi connectivity index (χ2n) is 3.94. The summed E-state index contributed by atoms with van der Waals surface area (Å²) in [4.78, 5) is 11.6. The van der Waals surface area contributed by atoms with Crippen molar-refractivity contribution in [3.8, 4) is 0 Å². The smallest absolute Gasteiger partial charge is 0.337 e. The number of hydrogen-bond acceptors (Lipinski definition) is 4. The highest BCUT2D eigenvalue weighted by Gasteiger charge is 2.16. The topological polar surface area (TPSA) is 50.4 Å². The molecule has 0 atom stereocenters. The molecule has 2 rings (SSSR count). The molecule has 94 valence electrons. The Kier molecular flexibility index (Phi) is 4.02. The second kappa shape index (κ2) is 5.91. The molecule has 18 heavy (non-hydrogen) atoms. The molecule has 0 aromatic heterocycles. The standard InChI is InChI=1S/C14H16N2O2/c1-18-14(17)12-10-15-8-7-13(12)16-9-11-5-3-2-4-6-11/h2-8,15-16H,9-10H2,1H3. The number of carbonyl (C=O) groups is 1. The monoisotopic (exact) mass is 244 g/mol. The van der Waals surface area contributed by atoms with Crippen LogP contribution in [0.5, 0.6) is 0 Å². The van der Waals surface area contributed by atoms with Gasteiger partial charge in [0, 0.05) is 18.8 Å². The lowest BCUT2D eigenvalue weighted by molar-refractivity contribution is -0.136. The summed E-state index contributed by atoms with van der Waals surface area (Å²) in [7, 11) is 1.39. The molecule has 1 aliphatic rings. The number of dihydropyridines is 1. The van der Waals surface area contributed by atoms with Gasteiger partial charge in [0.15, 0.2) is 0 Å². The van der Waals surface area contributed by atoms with Gasteiger partial charge >= 0.3 is 5.97 Å². The average Bonchev–Trinajstić information content (AvgIpc) is 2.45. The van der Waals surface area contributed by atoms with E-state index in [0.717, 1.165) is 5.70 Å². The molecule has 2 N–H and O–H groups in total. The van der Waals surface area contributed by atoms with E-state index in [0.29, 0.717) is 18.7 Å². The number of methoxy groups -OCH3 is 1. The van der Waals surface area contributed by atoms with E-state index in [1.54, 1.807) is 0 Å². The molecule has 1 aliphatic heterocycles. The predicted octanol–water partition coefficient (Wildman–Crippen LogP) is 1.32. The van der Waals surface area contributed by atoms with E-state index < -0.39 is 0 Å². The molecule has 0 radical (unpaired) electrons. The Labute approximate surface area is 106 Å². The molecule has 4 nitrogen and oxygen atoms in total. The number of nitrogens with one attached hydrogen (secondary N) is 2. The number of esters is 1. The number of benzene rings is 1. The largest absolute Gasteiger partial charge is 0.466 e. The number of rotatable bonds is 4. The molecule has 0 fully saturated rings. The Morgan fingerprint density at radius 3 is 2.89 bits per heavy atom. The molecule has 4 heteroatoms. The minimum Gasteiger partial charge on any atom is -0.466 e. The Morgan fingerprint density at radius 1 is 1.39 bits per heavy atom. The quantitative estimate of drug-likeness (QED) is 0.784. The maximum absolute atomic E-state index is 11.6. The second-order valence-corrected chi connectivity index (χ2v) is 3.94. The summed E-state index contributed by atoms with van der Waals surface area (Å²) in [5.41, 5.74) is 2.60. The molecule has 1 aromatic carbocycles. The predicted molar refractivity (Wildman–Crippen MR) is 69.5 cm³/mol. The molecule has 0 spiro atoms. The van der Waals surface area contributed by atoms with Crippen LogP contribution in [0, 0.1) is 0 Å². The molecule has 1 aromatic rings. The van der Waals surface area contributed by atoms with Gasteiger partial charge in [-0.05, 0) is 17.8 Å². The van der Waals surface area contributed by atoms with Crippen LogP contribution in [-0.2, 0) is 16.1 Å². The third-order valence-corrected chi connectivity index (χ3v) is 2.73. The third-order valence-electron chi connectivity index (χ3n) is 2.73. The zero-order chi connectivity index (χ0) is 12.8. The van der Waals surface area contributed by atoms with Crippen molar-refractivity contribution < 1.29 is 9.53 Å². The van der Waals surface area contributed by atoms with Gasteiger partial charge in [-0.3, -0.25) is 0 Å². The van der Waals surface area contributed by atoms with Crippen molar-refractivity contribution in [1.82, 2.24) is 10.6 Å². The van der Waals surface area contributed by atoms with Gasteiger partial charge in [-0.25, -0.2) is 4.79 Å². The van der Waals surface area contributed by atoms with Gasteiger partial charge in [-0.2, -0.15) is 0 Å². The first-order chi connectivity index (χ1) is 8.81. The Morgan fingerprint density at radius 2 is 2.17 bits per heavy atom. The van der Waals surface area contributed by atoms with Gasteiger partial charge in [0.1, 0.15) is 0 Å². The van der Waals surface area contributed by atoms with Crippen molar-refractivity contribution in [2.45, 2.75) is 6.54 Å². The molecule has 0 unspecified atom stereocenters. The fourth-order valence-corrected chi connectivity index (χ4v) is 1.76. The summed E-state index contributed by atoms with van der Waals surface area (Å²) < 4.78 is 4.76. The highest BCUT2D eigenvalue weighted by Crippen LogP contribution is 2.10. The zero-order valence-corrected chi connectivity index (χ0v) is 10.3. The van der Waals surface area contributed by atoms with E-state index in [1.165, 1.54) is 12.7 Å².